The number of piperidine rings is 1. The monoisotopic (exact) mass is 364 g/mol. The third kappa shape index (κ3) is 4.82. The molecule has 2 aliphatic rings. The number of amides is 1. The van der Waals surface area contributed by atoms with Crippen molar-refractivity contribution < 1.29 is 14.3 Å². The van der Waals surface area contributed by atoms with Gasteiger partial charge in [0.2, 0.25) is 5.91 Å². The normalized spacial score (nSPS) is 21.5. The molecule has 5 nitrogen and oxygen atoms in total. The summed E-state index contributed by atoms with van der Waals surface area (Å²) in [5, 5.41) is 0. The van der Waals surface area contributed by atoms with Crippen molar-refractivity contribution in [3.8, 4) is 11.5 Å². The molecule has 2 atom stereocenters. The Balaban J connectivity index is 1.52. The minimum atomic E-state index is 0.0404. The van der Waals surface area contributed by atoms with Crippen LogP contribution in [0.4, 0.5) is 0 Å². The maximum Gasteiger partial charge on any atom is 0.223 e. The highest BCUT2D eigenvalue weighted by molar-refractivity contribution is 7.99. The molecule has 1 amide bonds. The van der Waals surface area contributed by atoms with Gasteiger partial charge in [-0.25, -0.2) is 0 Å². The molecule has 0 saturated carbocycles. The zero-order valence-electron chi connectivity index (χ0n) is 14.9. The van der Waals surface area contributed by atoms with Crippen molar-refractivity contribution in [2.24, 2.45) is 5.73 Å². The van der Waals surface area contributed by atoms with E-state index in [0.29, 0.717) is 19.6 Å². The summed E-state index contributed by atoms with van der Waals surface area (Å²) in [7, 11) is 0. The maximum absolute atomic E-state index is 12.6. The van der Waals surface area contributed by atoms with Crippen LogP contribution in [0.1, 0.15) is 39.0 Å². The first kappa shape index (κ1) is 18.4. The molecule has 6 heteroatoms. The SMILES string of the molecule is CC(N)C1CCCCN1C(=O)CCSc1ccc2c(c1)OCCCO2. The molecular formula is C19H28N2O3S. The van der Waals surface area contributed by atoms with Gasteiger partial charge in [-0.1, -0.05) is 0 Å². The van der Waals surface area contributed by atoms with Crippen molar-refractivity contribution in [3.63, 3.8) is 0 Å². The van der Waals surface area contributed by atoms with Crippen LogP contribution in [0.2, 0.25) is 0 Å². The Morgan fingerprint density at radius 3 is 2.88 bits per heavy atom. The fourth-order valence-corrected chi connectivity index (χ4v) is 4.31. The maximum atomic E-state index is 12.6. The number of thioether (sulfide) groups is 1. The molecule has 2 N–H and O–H groups in total. The van der Waals surface area contributed by atoms with E-state index in [4.69, 9.17) is 15.2 Å². The van der Waals surface area contributed by atoms with E-state index < -0.39 is 0 Å². The second-order valence-corrected chi connectivity index (χ2v) is 7.94. The van der Waals surface area contributed by atoms with Gasteiger partial charge in [0.15, 0.2) is 11.5 Å². The summed E-state index contributed by atoms with van der Waals surface area (Å²) < 4.78 is 11.4. The first-order valence-electron chi connectivity index (χ1n) is 9.22. The first-order chi connectivity index (χ1) is 12.1. The summed E-state index contributed by atoms with van der Waals surface area (Å²) in [6.07, 6.45) is 4.73. The lowest BCUT2D eigenvalue weighted by atomic mass is 9.96. The van der Waals surface area contributed by atoms with Gasteiger partial charge in [-0.2, -0.15) is 0 Å². The lowest BCUT2D eigenvalue weighted by molar-refractivity contribution is -0.134. The molecule has 1 aromatic rings. The molecule has 138 valence electrons. The summed E-state index contributed by atoms with van der Waals surface area (Å²) in [6.45, 7) is 4.24. The fraction of sp³-hybridized carbons (Fsp3) is 0.632. The second-order valence-electron chi connectivity index (χ2n) is 6.77. The summed E-state index contributed by atoms with van der Waals surface area (Å²) in [5.74, 6) is 2.61. The molecular weight excluding hydrogens is 336 g/mol. The predicted molar refractivity (Wildman–Crippen MR) is 100 cm³/mol. The van der Waals surface area contributed by atoms with Crippen LogP contribution in [0, 0.1) is 0 Å². The van der Waals surface area contributed by atoms with Crippen LogP contribution in [0.3, 0.4) is 0 Å². The average Bonchev–Trinajstić information content (AvgIpc) is 2.86. The smallest absolute Gasteiger partial charge is 0.223 e. The lowest BCUT2D eigenvalue weighted by Crippen LogP contribution is -2.51. The summed E-state index contributed by atoms with van der Waals surface area (Å²) >= 11 is 1.69. The first-order valence-corrected chi connectivity index (χ1v) is 10.2. The van der Waals surface area contributed by atoms with Crippen molar-refractivity contribution in [1.29, 1.82) is 0 Å². The van der Waals surface area contributed by atoms with Crippen LogP contribution in [-0.2, 0) is 4.79 Å². The molecule has 0 aromatic heterocycles. The zero-order chi connectivity index (χ0) is 17.6. The van der Waals surface area contributed by atoms with Gasteiger partial charge >= 0.3 is 0 Å². The Morgan fingerprint density at radius 1 is 1.28 bits per heavy atom. The Morgan fingerprint density at radius 2 is 2.08 bits per heavy atom. The van der Waals surface area contributed by atoms with E-state index in [1.807, 2.05) is 30.0 Å². The third-order valence-electron chi connectivity index (χ3n) is 4.78. The van der Waals surface area contributed by atoms with Gasteiger partial charge in [-0.15, -0.1) is 11.8 Å². The molecule has 0 aliphatic carbocycles. The number of ether oxygens (including phenoxy) is 2. The molecule has 1 fully saturated rings. The number of hydrogen-bond acceptors (Lipinski definition) is 5. The summed E-state index contributed by atoms with van der Waals surface area (Å²) in [5.41, 5.74) is 6.07. The Labute approximate surface area is 154 Å². The third-order valence-corrected chi connectivity index (χ3v) is 5.78. The molecule has 3 rings (SSSR count). The quantitative estimate of drug-likeness (QED) is 0.814. The summed E-state index contributed by atoms with van der Waals surface area (Å²) in [4.78, 5) is 15.7. The minimum absolute atomic E-state index is 0.0404. The highest BCUT2D eigenvalue weighted by Gasteiger charge is 2.28. The van der Waals surface area contributed by atoms with Gasteiger partial charge in [0.25, 0.3) is 0 Å². The minimum Gasteiger partial charge on any atom is -0.490 e. The van der Waals surface area contributed by atoms with E-state index in [2.05, 4.69) is 0 Å². The topological polar surface area (TPSA) is 64.8 Å². The predicted octanol–water partition coefficient (Wildman–Crippen LogP) is 3.06. The van der Waals surface area contributed by atoms with E-state index in [1.54, 1.807) is 11.8 Å². The van der Waals surface area contributed by atoms with E-state index in [9.17, 15) is 4.79 Å². The Bertz CT molecular complexity index is 594. The zero-order valence-corrected chi connectivity index (χ0v) is 15.7. The molecule has 0 bridgehead atoms. The van der Waals surface area contributed by atoms with E-state index in [-0.39, 0.29) is 18.0 Å². The van der Waals surface area contributed by atoms with Crippen molar-refractivity contribution in [3.05, 3.63) is 18.2 Å². The lowest BCUT2D eigenvalue weighted by Gasteiger charge is -2.38. The number of nitrogens with two attached hydrogens (primary N) is 1. The van der Waals surface area contributed by atoms with E-state index >= 15 is 0 Å². The van der Waals surface area contributed by atoms with Crippen molar-refractivity contribution in [2.45, 2.75) is 56.0 Å². The Kier molecular flexibility index (Phi) is 6.48. The van der Waals surface area contributed by atoms with Crippen LogP contribution in [0.15, 0.2) is 23.1 Å². The van der Waals surface area contributed by atoms with Crippen LogP contribution in [0.5, 0.6) is 11.5 Å². The van der Waals surface area contributed by atoms with Gasteiger partial charge in [-0.3, -0.25) is 4.79 Å². The van der Waals surface area contributed by atoms with Crippen LogP contribution in [-0.4, -0.2) is 48.4 Å². The van der Waals surface area contributed by atoms with Crippen molar-refractivity contribution in [1.82, 2.24) is 4.90 Å². The van der Waals surface area contributed by atoms with Gasteiger partial charge in [0, 0.05) is 42.1 Å². The molecule has 0 radical (unpaired) electrons. The molecule has 1 aromatic carbocycles. The number of rotatable bonds is 5. The van der Waals surface area contributed by atoms with Crippen LogP contribution in [0.25, 0.3) is 0 Å². The molecule has 0 spiro atoms. The van der Waals surface area contributed by atoms with Crippen LogP contribution < -0.4 is 15.2 Å². The standard InChI is InChI=1S/C19H28N2O3S/c1-14(20)16-5-2-3-9-21(16)19(22)8-12-25-15-6-7-17-18(13-15)24-11-4-10-23-17/h6-7,13-14,16H,2-5,8-12,20H2,1H3. The summed E-state index contributed by atoms with van der Waals surface area (Å²) in [6, 6.07) is 6.25. The number of hydrogen-bond donors (Lipinski definition) is 1. The fourth-order valence-electron chi connectivity index (χ4n) is 3.45. The van der Waals surface area contributed by atoms with Crippen molar-refractivity contribution >= 4 is 17.7 Å². The highest BCUT2D eigenvalue weighted by atomic mass is 32.2. The number of carbonyl (C=O) groups excluding carboxylic acids is 1. The molecule has 2 aliphatic heterocycles. The number of benzene rings is 1. The van der Waals surface area contributed by atoms with E-state index in [0.717, 1.165) is 48.0 Å². The van der Waals surface area contributed by atoms with Gasteiger partial charge < -0.3 is 20.1 Å². The number of nitrogens with zero attached hydrogens (tertiary/aromatic N) is 1. The largest absolute Gasteiger partial charge is 0.490 e. The average molecular weight is 365 g/mol. The number of carbonyl (C=O) groups is 1. The number of likely N-dealkylation sites (tertiary alicyclic amines) is 1. The Hall–Kier alpha value is -1.40. The molecule has 1 saturated heterocycles. The number of fused-ring (bicyclic) bond motifs is 1. The van der Waals surface area contributed by atoms with E-state index in [1.165, 1.54) is 6.42 Å². The molecule has 2 unspecified atom stereocenters. The molecule has 2 heterocycles. The van der Waals surface area contributed by atoms with Gasteiger partial charge in [0.05, 0.1) is 13.2 Å². The molecule has 25 heavy (non-hydrogen) atoms. The van der Waals surface area contributed by atoms with Crippen LogP contribution >= 0.6 is 11.8 Å². The van der Waals surface area contributed by atoms with Gasteiger partial charge in [0.1, 0.15) is 0 Å². The van der Waals surface area contributed by atoms with Crippen molar-refractivity contribution in [2.75, 3.05) is 25.5 Å². The highest BCUT2D eigenvalue weighted by Crippen LogP contribution is 2.34. The van der Waals surface area contributed by atoms with Gasteiger partial charge in [-0.05, 0) is 44.4 Å². The second kappa shape index (κ2) is 8.81.